The van der Waals surface area contributed by atoms with Crippen LogP contribution < -0.4 is 0 Å². The van der Waals surface area contributed by atoms with Crippen molar-refractivity contribution < 1.29 is 9.90 Å². The number of carboxylic acid groups (broad SMARTS) is 1. The zero-order valence-electron chi connectivity index (χ0n) is 7.82. The molecule has 1 aromatic rings. The van der Waals surface area contributed by atoms with Crippen LogP contribution in [0.1, 0.15) is 16.1 Å². The Labute approximate surface area is 99.6 Å². The molecule has 1 heterocycles. The fourth-order valence-corrected chi connectivity index (χ4v) is 1.33. The molecule has 4 nitrogen and oxygen atoms in total. The van der Waals surface area contributed by atoms with E-state index in [1.54, 1.807) is 6.26 Å². The molecule has 0 fully saturated rings. The fourth-order valence-electron chi connectivity index (χ4n) is 0.847. The van der Waals surface area contributed by atoms with Gasteiger partial charge in [0.05, 0.1) is 10.9 Å². The molecule has 0 radical (unpaired) electrons. The van der Waals surface area contributed by atoms with Gasteiger partial charge in [-0.2, -0.15) is 0 Å². The van der Waals surface area contributed by atoms with E-state index in [9.17, 15) is 4.79 Å². The third-order valence-corrected chi connectivity index (χ3v) is 2.28. The first-order valence-electron chi connectivity index (χ1n) is 3.88. The first-order valence-corrected chi connectivity index (χ1v) is 6.22. The van der Waals surface area contributed by atoms with E-state index in [-0.39, 0.29) is 5.69 Å². The number of nitrogens with zero attached hydrogens (tertiary/aromatic N) is 2. The first kappa shape index (κ1) is 12.0. The van der Waals surface area contributed by atoms with E-state index < -0.39 is 5.97 Å². The van der Waals surface area contributed by atoms with Crippen LogP contribution >= 0.6 is 27.7 Å². The fraction of sp³-hybridized carbons (Fsp3) is 0.222. The molecule has 0 bridgehead atoms. The number of carboxylic acids is 1. The molecule has 15 heavy (non-hydrogen) atoms. The molecule has 0 saturated carbocycles. The Kier molecular flexibility index (Phi) is 4.59. The molecule has 0 aromatic carbocycles. The van der Waals surface area contributed by atoms with Crippen molar-refractivity contribution in [2.75, 3.05) is 11.6 Å². The van der Waals surface area contributed by atoms with Crippen molar-refractivity contribution >= 4 is 33.7 Å². The second-order valence-electron chi connectivity index (χ2n) is 2.36. The molecule has 0 amide bonds. The number of halogens is 1. The van der Waals surface area contributed by atoms with Crippen LogP contribution in [0.4, 0.5) is 0 Å². The van der Waals surface area contributed by atoms with Crippen LogP contribution in [0.15, 0.2) is 11.4 Å². The normalized spacial score (nSPS) is 9.20. The average Bonchev–Trinajstić information content (AvgIpc) is 2.26. The lowest BCUT2D eigenvalue weighted by Crippen LogP contribution is -2.06. The number of thioether (sulfide) groups is 1. The summed E-state index contributed by atoms with van der Waals surface area (Å²) in [6.45, 7) is 0. The van der Waals surface area contributed by atoms with Gasteiger partial charge in [0, 0.05) is 6.20 Å². The van der Waals surface area contributed by atoms with Crippen LogP contribution in [0, 0.1) is 11.8 Å². The number of hydrogen-bond acceptors (Lipinski definition) is 4. The number of aromatic nitrogens is 2. The highest BCUT2D eigenvalue weighted by Crippen LogP contribution is 2.11. The summed E-state index contributed by atoms with van der Waals surface area (Å²) in [4.78, 5) is 18.7. The van der Waals surface area contributed by atoms with Gasteiger partial charge in [-0.3, -0.25) is 0 Å². The average molecular weight is 287 g/mol. The highest BCUT2D eigenvalue weighted by molar-refractivity contribution is 9.09. The number of hydrogen-bond donors (Lipinski definition) is 1. The third kappa shape index (κ3) is 3.22. The molecule has 0 spiro atoms. The van der Waals surface area contributed by atoms with Crippen LogP contribution in [0.3, 0.4) is 0 Å². The topological polar surface area (TPSA) is 63.1 Å². The van der Waals surface area contributed by atoms with Crippen LogP contribution in [0.5, 0.6) is 0 Å². The minimum Gasteiger partial charge on any atom is -0.476 e. The van der Waals surface area contributed by atoms with Crippen molar-refractivity contribution in [1.82, 2.24) is 9.97 Å². The van der Waals surface area contributed by atoms with Gasteiger partial charge in [0.2, 0.25) is 0 Å². The molecule has 0 aliphatic rings. The summed E-state index contributed by atoms with van der Waals surface area (Å²) in [5.74, 6) is 4.31. The van der Waals surface area contributed by atoms with Gasteiger partial charge in [-0.25, -0.2) is 14.8 Å². The Bertz CT molecular complexity index is 439. The maximum Gasteiger partial charge on any atom is 0.355 e. The van der Waals surface area contributed by atoms with Gasteiger partial charge in [0.25, 0.3) is 0 Å². The maximum absolute atomic E-state index is 10.9. The minimum atomic E-state index is -1.09. The van der Waals surface area contributed by atoms with Crippen molar-refractivity contribution in [2.45, 2.75) is 5.16 Å². The predicted molar refractivity (Wildman–Crippen MR) is 61.4 cm³/mol. The van der Waals surface area contributed by atoms with E-state index in [0.29, 0.717) is 16.0 Å². The summed E-state index contributed by atoms with van der Waals surface area (Å²) >= 11 is 4.42. The van der Waals surface area contributed by atoms with Gasteiger partial charge in [-0.1, -0.05) is 39.5 Å². The monoisotopic (exact) mass is 286 g/mol. The van der Waals surface area contributed by atoms with Crippen molar-refractivity contribution in [3.05, 3.63) is 17.5 Å². The molecule has 1 rings (SSSR count). The van der Waals surface area contributed by atoms with Crippen molar-refractivity contribution in [2.24, 2.45) is 0 Å². The largest absolute Gasteiger partial charge is 0.476 e. The molecular weight excluding hydrogens is 280 g/mol. The Balaban J connectivity index is 3.21. The van der Waals surface area contributed by atoms with Crippen molar-refractivity contribution in [3.8, 4) is 11.8 Å². The SMILES string of the molecule is CSc1ncc(C#CCBr)c(C(=O)O)n1. The smallest absolute Gasteiger partial charge is 0.355 e. The standard InChI is InChI=1S/C9H7BrN2O2S/c1-15-9-11-5-6(3-2-4-10)7(12-9)8(13)14/h5H,4H2,1H3,(H,13,14). The summed E-state index contributed by atoms with van der Waals surface area (Å²) in [5, 5.41) is 9.82. The zero-order chi connectivity index (χ0) is 11.3. The van der Waals surface area contributed by atoms with Gasteiger partial charge in [0.1, 0.15) is 0 Å². The van der Waals surface area contributed by atoms with Crippen LogP contribution in [0.25, 0.3) is 0 Å². The van der Waals surface area contributed by atoms with E-state index >= 15 is 0 Å². The lowest BCUT2D eigenvalue weighted by atomic mass is 10.2. The quantitative estimate of drug-likeness (QED) is 0.388. The minimum absolute atomic E-state index is 0.0530. The number of aromatic carboxylic acids is 1. The maximum atomic E-state index is 10.9. The summed E-state index contributed by atoms with van der Waals surface area (Å²) in [6.07, 6.45) is 3.21. The van der Waals surface area contributed by atoms with Gasteiger partial charge in [0.15, 0.2) is 10.9 Å². The van der Waals surface area contributed by atoms with E-state index in [2.05, 4.69) is 37.7 Å². The second-order valence-corrected chi connectivity index (χ2v) is 3.69. The second kappa shape index (κ2) is 5.73. The molecule has 0 aliphatic heterocycles. The highest BCUT2D eigenvalue weighted by atomic mass is 79.9. The molecule has 78 valence electrons. The molecule has 1 aromatic heterocycles. The summed E-state index contributed by atoms with van der Waals surface area (Å²) in [5.41, 5.74) is 0.280. The van der Waals surface area contributed by atoms with E-state index in [4.69, 9.17) is 5.11 Å². The van der Waals surface area contributed by atoms with Crippen LogP contribution in [-0.4, -0.2) is 32.6 Å². The summed E-state index contributed by atoms with van der Waals surface area (Å²) in [7, 11) is 0. The zero-order valence-corrected chi connectivity index (χ0v) is 10.2. The molecule has 0 saturated heterocycles. The Morgan fingerprint density at radius 1 is 1.73 bits per heavy atom. The Morgan fingerprint density at radius 2 is 2.47 bits per heavy atom. The van der Waals surface area contributed by atoms with Gasteiger partial charge in [-0.15, -0.1) is 0 Å². The molecular formula is C9H7BrN2O2S. The summed E-state index contributed by atoms with van der Waals surface area (Å²) in [6, 6.07) is 0. The van der Waals surface area contributed by atoms with Gasteiger partial charge in [-0.05, 0) is 6.26 Å². The van der Waals surface area contributed by atoms with E-state index in [1.165, 1.54) is 18.0 Å². The van der Waals surface area contributed by atoms with Crippen molar-refractivity contribution in [1.29, 1.82) is 0 Å². The summed E-state index contributed by atoms with van der Waals surface area (Å²) < 4.78 is 0. The molecule has 0 aliphatic carbocycles. The molecule has 1 N–H and O–H groups in total. The Hall–Kier alpha value is -1.06. The predicted octanol–water partition coefficient (Wildman–Crippen LogP) is 1.64. The number of rotatable bonds is 2. The third-order valence-electron chi connectivity index (χ3n) is 1.44. The van der Waals surface area contributed by atoms with Crippen LogP contribution in [-0.2, 0) is 0 Å². The Morgan fingerprint density at radius 3 is 3.00 bits per heavy atom. The van der Waals surface area contributed by atoms with Crippen LogP contribution in [0.2, 0.25) is 0 Å². The highest BCUT2D eigenvalue weighted by Gasteiger charge is 2.12. The van der Waals surface area contributed by atoms with E-state index in [0.717, 1.165) is 0 Å². The lowest BCUT2D eigenvalue weighted by molar-refractivity contribution is 0.0689. The molecule has 0 unspecified atom stereocenters. The first-order chi connectivity index (χ1) is 7.19. The molecule has 6 heteroatoms. The lowest BCUT2D eigenvalue weighted by Gasteiger charge is -1.99. The van der Waals surface area contributed by atoms with Crippen molar-refractivity contribution in [3.63, 3.8) is 0 Å². The van der Waals surface area contributed by atoms with E-state index in [1.807, 2.05) is 0 Å². The van der Waals surface area contributed by atoms with Gasteiger partial charge >= 0.3 is 5.97 Å². The number of carbonyl (C=O) groups is 1. The molecule has 0 atom stereocenters. The van der Waals surface area contributed by atoms with Gasteiger partial charge < -0.3 is 5.11 Å². The number of alkyl halides is 1.